The van der Waals surface area contributed by atoms with Gasteiger partial charge in [0.25, 0.3) is 0 Å². The quantitative estimate of drug-likeness (QED) is 0.369. The van der Waals surface area contributed by atoms with Crippen molar-refractivity contribution in [3.8, 4) is 11.3 Å². The number of carbonyl (C=O) groups is 1. The second-order valence-corrected chi connectivity index (χ2v) is 8.15. The number of ketones is 1. The summed E-state index contributed by atoms with van der Waals surface area (Å²) in [4.78, 5) is 19.3. The standard InChI is InChI=1S/C25H18N2OS/c1-15-6-8-17(9-7-15)21-13-12-20-22(26)24(29-25(20)27-21)23(28)19-11-10-16-4-2-3-5-18(16)14-19/h2-14H,26H2,1H3. The highest BCUT2D eigenvalue weighted by molar-refractivity contribution is 7.21. The van der Waals surface area contributed by atoms with E-state index in [0.29, 0.717) is 16.1 Å². The predicted molar refractivity (Wildman–Crippen MR) is 122 cm³/mol. The molecule has 0 saturated carbocycles. The third-order valence-electron chi connectivity index (χ3n) is 5.16. The first kappa shape index (κ1) is 17.6. The summed E-state index contributed by atoms with van der Waals surface area (Å²) in [7, 11) is 0. The SMILES string of the molecule is Cc1ccc(-c2ccc3c(N)c(C(=O)c4ccc5ccccc5c4)sc3n2)cc1. The van der Waals surface area contributed by atoms with E-state index in [1.807, 2.05) is 54.6 Å². The first-order valence-electron chi connectivity index (χ1n) is 9.40. The molecular formula is C25H18N2OS. The number of benzene rings is 3. The molecule has 0 aliphatic carbocycles. The first-order valence-corrected chi connectivity index (χ1v) is 10.2. The molecule has 0 bridgehead atoms. The van der Waals surface area contributed by atoms with Crippen molar-refractivity contribution >= 4 is 43.8 Å². The zero-order valence-corrected chi connectivity index (χ0v) is 16.7. The van der Waals surface area contributed by atoms with Gasteiger partial charge in [0.05, 0.1) is 11.4 Å². The number of pyridine rings is 1. The lowest BCUT2D eigenvalue weighted by Crippen LogP contribution is -2.01. The Labute approximate surface area is 172 Å². The average molecular weight is 394 g/mol. The van der Waals surface area contributed by atoms with Gasteiger partial charge in [-0.05, 0) is 35.9 Å². The van der Waals surface area contributed by atoms with E-state index in [9.17, 15) is 4.79 Å². The molecule has 2 N–H and O–H groups in total. The highest BCUT2D eigenvalue weighted by Gasteiger charge is 2.19. The smallest absolute Gasteiger partial charge is 0.205 e. The number of nitrogens with zero attached hydrogens (tertiary/aromatic N) is 1. The number of nitrogens with two attached hydrogens (primary N) is 1. The van der Waals surface area contributed by atoms with Crippen LogP contribution >= 0.6 is 11.3 Å². The van der Waals surface area contributed by atoms with Crippen molar-refractivity contribution in [1.82, 2.24) is 4.98 Å². The van der Waals surface area contributed by atoms with Crippen molar-refractivity contribution in [3.63, 3.8) is 0 Å². The maximum absolute atomic E-state index is 13.2. The number of thiophene rings is 1. The number of rotatable bonds is 3. The van der Waals surface area contributed by atoms with Gasteiger partial charge in [-0.1, -0.05) is 66.2 Å². The van der Waals surface area contributed by atoms with Crippen LogP contribution in [0.4, 0.5) is 5.69 Å². The molecule has 5 rings (SSSR count). The molecule has 0 unspecified atom stereocenters. The van der Waals surface area contributed by atoms with Gasteiger partial charge >= 0.3 is 0 Å². The van der Waals surface area contributed by atoms with Gasteiger partial charge in [0.1, 0.15) is 9.71 Å². The van der Waals surface area contributed by atoms with E-state index in [-0.39, 0.29) is 5.78 Å². The molecule has 140 valence electrons. The van der Waals surface area contributed by atoms with Gasteiger partial charge in [-0.3, -0.25) is 4.79 Å². The van der Waals surface area contributed by atoms with Gasteiger partial charge in [0.15, 0.2) is 0 Å². The molecule has 4 heteroatoms. The summed E-state index contributed by atoms with van der Waals surface area (Å²) >= 11 is 1.36. The Kier molecular flexibility index (Phi) is 4.14. The van der Waals surface area contributed by atoms with E-state index in [0.717, 1.165) is 32.2 Å². The second kappa shape index (κ2) is 6.83. The summed E-state index contributed by atoms with van der Waals surface area (Å²) in [6.07, 6.45) is 0. The van der Waals surface area contributed by atoms with Gasteiger partial charge < -0.3 is 5.73 Å². The van der Waals surface area contributed by atoms with Crippen LogP contribution in [0.2, 0.25) is 0 Å². The minimum absolute atomic E-state index is 0.0619. The molecule has 0 saturated heterocycles. The van der Waals surface area contributed by atoms with Crippen LogP contribution in [0, 0.1) is 6.92 Å². The number of hydrogen-bond donors (Lipinski definition) is 1. The highest BCUT2D eigenvalue weighted by Crippen LogP contribution is 2.36. The van der Waals surface area contributed by atoms with Crippen LogP contribution in [-0.4, -0.2) is 10.8 Å². The molecule has 3 nitrogen and oxygen atoms in total. The van der Waals surface area contributed by atoms with Crippen molar-refractivity contribution in [3.05, 3.63) is 94.9 Å². The number of carbonyl (C=O) groups excluding carboxylic acids is 1. The van der Waals surface area contributed by atoms with Crippen LogP contribution in [0.15, 0.2) is 78.9 Å². The third-order valence-corrected chi connectivity index (χ3v) is 6.27. The van der Waals surface area contributed by atoms with E-state index in [2.05, 4.69) is 31.2 Å². The largest absolute Gasteiger partial charge is 0.397 e. The van der Waals surface area contributed by atoms with E-state index in [1.165, 1.54) is 16.9 Å². The molecule has 2 aromatic heterocycles. The summed E-state index contributed by atoms with van der Waals surface area (Å²) in [6, 6.07) is 25.9. The minimum atomic E-state index is -0.0619. The summed E-state index contributed by atoms with van der Waals surface area (Å²) < 4.78 is 0. The van der Waals surface area contributed by atoms with Gasteiger partial charge in [0, 0.05) is 16.5 Å². The topological polar surface area (TPSA) is 56.0 Å². The number of fused-ring (bicyclic) bond motifs is 2. The van der Waals surface area contributed by atoms with E-state index >= 15 is 0 Å². The number of aryl methyl sites for hydroxylation is 1. The van der Waals surface area contributed by atoms with E-state index < -0.39 is 0 Å². The van der Waals surface area contributed by atoms with Gasteiger partial charge in [0.2, 0.25) is 5.78 Å². The highest BCUT2D eigenvalue weighted by atomic mass is 32.1. The van der Waals surface area contributed by atoms with Crippen LogP contribution < -0.4 is 5.73 Å². The Hall–Kier alpha value is -3.50. The molecule has 0 aliphatic rings. The van der Waals surface area contributed by atoms with Crippen LogP contribution in [0.5, 0.6) is 0 Å². The number of hydrogen-bond acceptors (Lipinski definition) is 4. The van der Waals surface area contributed by atoms with Gasteiger partial charge in [-0.2, -0.15) is 0 Å². The number of nitrogen functional groups attached to an aromatic ring is 1. The number of anilines is 1. The van der Waals surface area contributed by atoms with Crippen LogP contribution in [-0.2, 0) is 0 Å². The Bertz CT molecular complexity index is 1380. The van der Waals surface area contributed by atoms with Crippen LogP contribution in [0.25, 0.3) is 32.2 Å². The second-order valence-electron chi connectivity index (χ2n) is 7.15. The fourth-order valence-electron chi connectivity index (χ4n) is 3.51. The maximum Gasteiger partial charge on any atom is 0.205 e. The summed E-state index contributed by atoms with van der Waals surface area (Å²) in [5, 5.41) is 2.98. The molecule has 2 heterocycles. The maximum atomic E-state index is 13.2. The van der Waals surface area contributed by atoms with E-state index in [1.54, 1.807) is 0 Å². The zero-order valence-electron chi connectivity index (χ0n) is 15.8. The molecule has 3 aromatic carbocycles. The zero-order chi connectivity index (χ0) is 20.0. The summed E-state index contributed by atoms with van der Waals surface area (Å²) in [6.45, 7) is 2.06. The van der Waals surface area contributed by atoms with Crippen molar-refractivity contribution in [2.24, 2.45) is 0 Å². The Balaban J connectivity index is 1.58. The van der Waals surface area contributed by atoms with Crippen molar-refractivity contribution in [2.45, 2.75) is 6.92 Å². The first-order chi connectivity index (χ1) is 14.1. The molecule has 0 radical (unpaired) electrons. The van der Waals surface area contributed by atoms with Gasteiger partial charge in [-0.25, -0.2) is 4.98 Å². The van der Waals surface area contributed by atoms with Gasteiger partial charge in [-0.15, -0.1) is 11.3 Å². The predicted octanol–water partition coefficient (Wildman–Crippen LogP) is 6.24. The van der Waals surface area contributed by atoms with Crippen LogP contribution in [0.1, 0.15) is 20.8 Å². The molecule has 5 aromatic rings. The van der Waals surface area contributed by atoms with E-state index in [4.69, 9.17) is 10.7 Å². The Morgan fingerprint density at radius 2 is 1.66 bits per heavy atom. The molecule has 0 spiro atoms. The van der Waals surface area contributed by atoms with Crippen molar-refractivity contribution in [1.29, 1.82) is 0 Å². The molecule has 0 aliphatic heterocycles. The molecule has 0 amide bonds. The van der Waals surface area contributed by atoms with Crippen LogP contribution in [0.3, 0.4) is 0 Å². The molecule has 0 fully saturated rings. The third kappa shape index (κ3) is 3.08. The molecule has 0 atom stereocenters. The Morgan fingerprint density at radius 1 is 0.897 bits per heavy atom. The summed E-state index contributed by atoms with van der Waals surface area (Å²) in [5.74, 6) is -0.0619. The lowest BCUT2D eigenvalue weighted by molar-refractivity contribution is 0.104. The fraction of sp³-hybridized carbons (Fsp3) is 0.0400. The van der Waals surface area contributed by atoms with Crippen molar-refractivity contribution in [2.75, 3.05) is 5.73 Å². The number of aromatic nitrogens is 1. The minimum Gasteiger partial charge on any atom is -0.397 e. The lowest BCUT2D eigenvalue weighted by atomic mass is 10.0. The average Bonchev–Trinajstić information content (AvgIpc) is 3.09. The normalized spacial score (nSPS) is 11.2. The summed E-state index contributed by atoms with van der Waals surface area (Å²) in [5.41, 5.74) is 10.6. The molecule has 29 heavy (non-hydrogen) atoms. The Morgan fingerprint density at radius 3 is 2.45 bits per heavy atom. The molecular weight excluding hydrogens is 376 g/mol. The monoisotopic (exact) mass is 394 g/mol. The van der Waals surface area contributed by atoms with Crippen molar-refractivity contribution < 1.29 is 4.79 Å². The lowest BCUT2D eigenvalue weighted by Gasteiger charge is -2.03. The fourth-order valence-corrected chi connectivity index (χ4v) is 4.57.